The topological polar surface area (TPSA) is 104 Å². The Morgan fingerprint density at radius 2 is 1.75 bits per heavy atom. The van der Waals surface area contributed by atoms with Gasteiger partial charge in [0.15, 0.2) is 0 Å². The highest BCUT2D eigenvalue weighted by Crippen LogP contribution is 2.30. The van der Waals surface area contributed by atoms with E-state index in [2.05, 4.69) is 52.5 Å². The average molecular weight is 591 g/mol. The number of hydrogen-bond acceptors (Lipinski definition) is 7. The van der Waals surface area contributed by atoms with E-state index < -0.39 is 5.60 Å². The van der Waals surface area contributed by atoms with Gasteiger partial charge in [-0.05, 0) is 69.9 Å². The molecule has 0 atom stereocenters. The maximum absolute atomic E-state index is 12.4. The molecule has 10 nitrogen and oxygen atoms in total. The molecule has 1 fully saturated rings. The lowest BCUT2D eigenvalue weighted by atomic mass is 10.0. The fourth-order valence-corrected chi connectivity index (χ4v) is 5.44. The number of hydrogen-bond donors (Lipinski definition) is 0. The molecule has 1 amide bonds. The number of carbonyl (C=O) groups excluding carboxylic acids is 1. The molecule has 226 valence electrons. The molecule has 5 heterocycles. The van der Waals surface area contributed by atoms with Gasteiger partial charge in [-0.2, -0.15) is 10.2 Å². The van der Waals surface area contributed by atoms with Crippen LogP contribution in [0.5, 0.6) is 0 Å². The molecule has 1 saturated heterocycles. The normalized spacial score (nSPS) is 14.1. The summed E-state index contributed by atoms with van der Waals surface area (Å²) >= 11 is 0. The van der Waals surface area contributed by atoms with Crippen molar-refractivity contribution in [3.63, 3.8) is 0 Å². The Labute approximate surface area is 257 Å². The van der Waals surface area contributed by atoms with E-state index >= 15 is 0 Å². The van der Waals surface area contributed by atoms with Gasteiger partial charge in [0.25, 0.3) is 0 Å². The third-order valence-electron chi connectivity index (χ3n) is 7.74. The molecule has 1 aliphatic rings. The van der Waals surface area contributed by atoms with Crippen molar-refractivity contribution in [1.29, 1.82) is 0 Å². The summed E-state index contributed by atoms with van der Waals surface area (Å²) in [7, 11) is 0. The third kappa shape index (κ3) is 6.69. The van der Waals surface area contributed by atoms with Gasteiger partial charge in [0.1, 0.15) is 17.1 Å². The van der Waals surface area contributed by atoms with Crippen LogP contribution in [0.1, 0.15) is 58.0 Å². The van der Waals surface area contributed by atoms with Crippen LogP contribution in [0.3, 0.4) is 0 Å². The predicted octanol–water partition coefficient (Wildman–Crippen LogP) is 6.45. The van der Waals surface area contributed by atoms with E-state index in [1.165, 1.54) is 0 Å². The first kappa shape index (κ1) is 29.2. The molecule has 0 N–H and O–H groups in total. The number of aromatic nitrogens is 7. The highest BCUT2D eigenvalue weighted by Gasteiger charge is 2.28. The van der Waals surface area contributed by atoms with Gasteiger partial charge in [0.2, 0.25) is 0 Å². The van der Waals surface area contributed by atoms with E-state index in [0.717, 1.165) is 64.4 Å². The average Bonchev–Trinajstić information content (AvgIpc) is 3.70. The lowest BCUT2D eigenvalue weighted by Crippen LogP contribution is -2.42. The summed E-state index contributed by atoms with van der Waals surface area (Å²) in [5.41, 5.74) is 6.45. The van der Waals surface area contributed by atoms with Crippen molar-refractivity contribution in [2.24, 2.45) is 0 Å². The lowest BCUT2D eigenvalue weighted by molar-refractivity contribution is 0.0185. The van der Waals surface area contributed by atoms with Gasteiger partial charge in [-0.25, -0.2) is 14.8 Å². The van der Waals surface area contributed by atoms with E-state index in [1.54, 1.807) is 11.1 Å². The van der Waals surface area contributed by atoms with Crippen molar-refractivity contribution < 1.29 is 9.53 Å². The van der Waals surface area contributed by atoms with Gasteiger partial charge in [-0.1, -0.05) is 24.3 Å². The Balaban J connectivity index is 1.11. The van der Waals surface area contributed by atoms with Crippen LogP contribution in [0.4, 0.5) is 4.79 Å². The van der Waals surface area contributed by atoms with Crippen LogP contribution in [-0.2, 0) is 17.7 Å². The molecule has 10 heteroatoms. The summed E-state index contributed by atoms with van der Waals surface area (Å²) in [5, 5.41) is 9.43. The first-order valence-corrected chi connectivity index (χ1v) is 15.2. The third-order valence-corrected chi connectivity index (χ3v) is 7.74. The largest absolute Gasteiger partial charge is 0.444 e. The maximum atomic E-state index is 12.4. The van der Waals surface area contributed by atoms with Crippen molar-refractivity contribution in [1.82, 2.24) is 39.4 Å². The number of carbonyl (C=O) groups is 1. The minimum atomic E-state index is -0.485. The SMILES string of the molecule is CCn1cc(-c2ccnc(Cc3ccc(-c4cnn(C5CCN(C(=O)OC(C)(C)C)CC5)c4)cc3)n2)c(-c2cccnc2)n1. The lowest BCUT2D eigenvalue weighted by Gasteiger charge is -2.33. The second-order valence-electron chi connectivity index (χ2n) is 12.1. The maximum Gasteiger partial charge on any atom is 0.410 e. The number of likely N-dealkylation sites (tertiary alicyclic amines) is 1. The van der Waals surface area contributed by atoms with E-state index in [0.29, 0.717) is 19.5 Å². The molecule has 0 unspecified atom stereocenters. The van der Waals surface area contributed by atoms with Crippen LogP contribution in [0.2, 0.25) is 0 Å². The summed E-state index contributed by atoms with van der Waals surface area (Å²) in [4.78, 5) is 28.0. The molecule has 4 aromatic heterocycles. The molecule has 0 bridgehead atoms. The fraction of sp³-hybridized carbons (Fsp3) is 0.353. The molecule has 44 heavy (non-hydrogen) atoms. The minimum absolute atomic E-state index is 0.239. The number of piperidine rings is 1. The number of ether oxygens (including phenoxy) is 1. The fourth-order valence-electron chi connectivity index (χ4n) is 5.44. The van der Waals surface area contributed by atoms with E-state index in [4.69, 9.17) is 14.8 Å². The Morgan fingerprint density at radius 3 is 2.45 bits per heavy atom. The number of aryl methyl sites for hydroxylation is 1. The standard InChI is InChI=1S/C34H38N8O2/c1-5-41-23-29(32(39-41)26-7-6-15-35-20-26)30-12-16-36-31(38-30)19-24-8-10-25(11-9-24)27-21-37-42(22-27)28-13-17-40(18-14-28)33(43)44-34(2,3)4/h6-12,15-16,20-23,28H,5,13-14,17-19H2,1-4H3. The van der Waals surface area contributed by atoms with Gasteiger partial charge in [0, 0.05) is 73.7 Å². The Morgan fingerprint density at radius 1 is 0.955 bits per heavy atom. The van der Waals surface area contributed by atoms with Crippen LogP contribution in [-0.4, -0.2) is 64.2 Å². The molecule has 0 spiro atoms. The van der Waals surface area contributed by atoms with E-state index in [-0.39, 0.29) is 12.1 Å². The van der Waals surface area contributed by atoms with Crippen molar-refractivity contribution in [2.45, 2.75) is 65.1 Å². The van der Waals surface area contributed by atoms with Crippen LogP contribution in [0.25, 0.3) is 33.6 Å². The number of pyridine rings is 1. The first-order chi connectivity index (χ1) is 21.3. The minimum Gasteiger partial charge on any atom is -0.444 e. The molecular weight excluding hydrogens is 552 g/mol. The van der Waals surface area contributed by atoms with Gasteiger partial charge in [0.05, 0.1) is 17.9 Å². The second kappa shape index (κ2) is 12.4. The Bertz CT molecular complexity index is 1710. The zero-order valence-corrected chi connectivity index (χ0v) is 25.7. The number of amides is 1. The molecule has 6 rings (SSSR count). The van der Waals surface area contributed by atoms with Gasteiger partial charge in [-0.15, -0.1) is 0 Å². The predicted molar refractivity (Wildman–Crippen MR) is 169 cm³/mol. The molecular formula is C34H38N8O2. The highest BCUT2D eigenvalue weighted by atomic mass is 16.6. The highest BCUT2D eigenvalue weighted by molar-refractivity contribution is 5.78. The smallest absolute Gasteiger partial charge is 0.410 e. The van der Waals surface area contributed by atoms with Crippen molar-refractivity contribution >= 4 is 6.09 Å². The Kier molecular flexibility index (Phi) is 8.23. The monoisotopic (exact) mass is 590 g/mol. The molecule has 0 radical (unpaired) electrons. The van der Waals surface area contributed by atoms with Gasteiger partial charge >= 0.3 is 6.09 Å². The Hall–Kier alpha value is -4.86. The molecule has 0 saturated carbocycles. The van der Waals surface area contributed by atoms with Gasteiger partial charge < -0.3 is 9.64 Å². The number of rotatable bonds is 7. The van der Waals surface area contributed by atoms with Crippen LogP contribution >= 0.6 is 0 Å². The quantitative estimate of drug-likeness (QED) is 0.215. The van der Waals surface area contributed by atoms with Crippen molar-refractivity contribution in [3.05, 3.63) is 91.0 Å². The molecule has 5 aromatic rings. The molecule has 1 aliphatic heterocycles. The van der Waals surface area contributed by atoms with Crippen LogP contribution < -0.4 is 0 Å². The second-order valence-corrected chi connectivity index (χ2v) is 12.1. The van der Waals surface area contributed by atoms with Gasteiger partial charge in [-0.3, -0.25) is 14.3 Å². The zero-order valence-electron chi connectivity index (χ0n) is 25.7. The summed E-state index contributed by atoms with van der Waals surface area (Å²) in [6.45, 7) is 9.85. The van der Waals surface area contributed by atoms with Crippen molar-refractivity contribution in [2.75, 3.05) is 13.1 Å². The van der Waals surface area contributed by atoms with Crippen LogP contribution in [0, 0.1) is 0 Å². The van der Waals surface area contributed by atoms with E-state index in [9.17, 15) is 4.79 Å². The number of benzene rings is 1. The summed E-state index contributed by atoms with van der Waals surface area (Å²) in [6.07, 6.45) is 13.5. The summed E-state index contributed by atoms with van der Waals surface area (Å²) < 4.78 is 9.49. The van der Waals surface area contributed by atoms with Crippen molar-refractivity contribution in [3.8, 4) is 33.6 Å². The number of nitrogens with zero attached hydrogens (tertiary/aromatic N) is 8. The zero-order chi connectivity index (χ0) is 30.7. The molecule has 0 aliphatic carbocycles. The summed E-state index contributed by atoms with van der Waals surface area (Å²) in [5.74, 6) is 0.752. The molecule has 1 aromatic carbocycles. The summed E-state index contributed by atoms with van der Waals surface area (Å²) in [6, 6.07) is 14.6. The van der Waals surface area contributed by atoms with Crippen LogP contribution in [0.15, 0.2) is 79.6 Å². The first-order valence-electron chi connectivity index (χ1n) is 15.2. The van der Waals surface area contributed by atoms with E-state index in [1.807, 2.05) is 73.1 Å².